The highest BCUT2D eigenvalue weighted by atomic mass is 16.5. The number of morpholine rings is 1. The topological polar surface area (TPSA) is 99.5 Å². The summed E-state index contributed by atoms with van der Waals surface area (Å²) in [6, 6.07) is 3.69. The Kier molecular flexibility index (Phi) is 7.00. The number of carbonyl (C=O) groups is 1. The van der Waals surface area contributed by atoms with Crippen LogP contribution < -0.4 is 4.74 Å². The Morgan fingerprint density at radius 3 is 2.82 bits per heavy atom. The Labute approximate surface area is 164 Å². The number of benzene rings is 1. The summed E-state index contributed by atoms with van der Waals surface area (Å²) in [7, 11) is 1.64. The molecule has 0 unspecified atom stereocenters. The van der Waals surface area contributed by atoms with E-state index in [1.165, 1.54) is 0 Å². The molecule has 1 amide bonds. The molecule has 0 aliphatic carbocycles. The van der Waals surface area contributed by atoms with Crippen molar-refractivity contribution in [2.45, 2.75) is 32.6 Å². The lowest BCUT2D eigenvalue weighted by Gasteiger charge is -2.24. The van der Waals surface area contributed by atoms with Crippen molar-refractivity contribution < 1.29 is 19.4 Å². The van der Waals surface area contributed by atoms with Crippen LogP contribution in [0, 0.1) is 0 Å². The van der Waals surface area contributed by atoms with Gasteiger partial charge in [0.25, 0.3) is 5.91 Å². The number of amides is 1. The van der Waals surface area contributed by atoms with Gasteiger partial charge in [-0.25, -0.2) is 0 Å². The summed E-state index contributed by atoms with van der Waals surface area (Å²) in [5.74, 6) is 0.340. The highest BCUT2D eigenvalue weighted by Crippen LogP contribution is 2.40. The fraction of sp³-hybridized carbons (Fsp3) is 0.550. The molecule has 8 nitrogen and oxygen atoms in total. The summed E-state index contributed by atoms with van der Waals surface area (Å²) < 4.78 is 10.8. The number of rotatable bonds is 8. The van der Waals surface area contributed by atoms with Gasteiger partial charge in [0.05, 0.1) is 32.4 Å². The van der Waals surface area contributed by atoms with Crippen LogP contribution >= 0.6 is 0 Å². The molecule has 1 saturated heterocycles. The maximum atomic E-state index is 12.1. The molecule has 152 valence electrons. The molecule has 0 radical (unpaired) electrons. The number of aromatic amines is 1. The number of nitrogens with one attached hydrogen (secondary N) is 1. The standard InChI is InChI=1S/C20H28N4O4/c1-3-4-5-6-14-16(27-2)8-7-15-18(14)21-20(26)19(15)23-22-17(25)13-24-9-11-28-12-10-24/h7-8,21,26H,3-6,9-13H2,1-2H3. The average Bonchev–Trinajstić information content (AvgIpc) is 3.03. The number of unbranched alkanes of at least 4 members (excludes halogenated alkanes) is 2. The number of aromatic nitrogens is 1. The Hall–Kier alpha value is -2.45. The molecular weight excluding hydrogens is 360 g/mol. The lowest BCUT2D eigenvalue weighted by atomic mass is 10.0. The van der Waals surface area contributed by atoms with Crippen molar-refractivity contribution >= 4 is 22.5 Å². The number of hydrogen-bond acceptors (Lipinski definition) is 6. The predicted octanol–water partition coefficient (Wildman–Crippen LogP) is 3.56. The summed E-state index contributed by atoms with van der Waals surface area (Å²) in [5.41, 5.74) is 2.07. The number of aromatic hydroxyl groups is 1. The molecule has 0 saturated carbocycles. The molecule has 2 aromatic rings. The molecule has 8 heteroatoms. The predicted molar refractivity (Wildman–Crippen MR) is 107 cm³/mol. The Morgan fingerprint density at radius 2 is 2.11 bits per heavy atom. The van der Waals surface area contributed by atoms with Gasteiger partial charge < -0.3 is 19.6 Å². The number of H-pyrrole nitrogens is 1. The van der Waals surface area contributed by atoms with E-state index in [4.69, 9.17) is 9.47 Å². The van der Waals surface area contributed by atoms with Crippen LogP contribution in [0.15, 0.2) is 22.4 Å². The maximum Gasteiger partial charge on any atom is 0.278 e. The second kappa shape index (κ2) is 9.66. The van der Waals surface area contributed by atoms with Crippen molar-refractivity contribution in [2.75, 3.05) is 40.0 Å². The number of carbonyl (C=O) groups excluding carboxylic acids is 1. The second-order valence-electron chi connectivity index (χ2n) is 6.93. The van der Waals surface area contributed by atoms with Crippen molar-refractivity contribution in [1.82, 2.24) is 9.88 Å². The molecule has 0 atom stereocenters. The van der Waals surface area contributed by atoms with Crippen LogP contribution in [-0.4, -0.2) is 60.9 Å². The quantitative estimate of drug-likeness (QED) is 0.532. The minimum Gasteiger partial charge on any atom is -0.496 e. The van der Waals surface area contributed by atoms with Crippen LogP contribution in [0.5, 0.6) is 11.6 Å². The van der Waals surface area contributed by atoms with Crippen LogP contribution in [-0.2, 0) is 16.0 Å². The first-order valence-electron chi connectivity index (χ1n) is 9.79. The SMILES string of the molecule is CCCCCc1c(OC)ccc2c(N=NC(=O)CN3CCOCC3)c(O)[nH]c12. The fourth-order valence-corrected chi connectivity index (χ4v) is 3.45. The Bertz CT molecular complexity index is 840. The number of aryl methyl sites for hydroxylation is 1. The zero-order valence-electron chi connectivity index (χ0n) is 16.5. The van der Waals surface area contributed by atoms with Gasteiger partial charge in [0.15, 0.2) is 5.69 Å². The van der Waals surface area contributed by atoms with Gasteiger partial charge in [-0.3, -0.25) is 9.69 Å². The zero-order chi connectivity index (χ0) is 19.9. The van der Waals surface area contributed by atoms with Crippen molar-refractivity contribution in [2.24, 2.45) is 10.2 Å². The van der Waals surface area contributed by atoms with Crippen LogP contribution in [0.1, 0.15) is 31.7 Å². The van der Waals surface area contributed by atoms with Gasteiger partial charge in [-0.2, -0.15) is 0 Å². The molecule has 1 aliphatic heterocycles. The monoisotopic (exact) mass is 388 g/mol. The van der Waals surface area contributed by atoms with Gasteiger partial charge in [-0.05, 0) is 25.0 Å². The van der Waals surface area contributed by atoms with E-state index < -0.39 is 0 Å². The van der Waals surface area contributed by atoms with E-state index in [1.54, 1.807) is 7.11 Å². The van der Waals surface area contributed by atoms with E-state index in [-0.39, 0.29) is 24.0 Å². The van der Waals surface area contributed by atoms with Crippen molar-refractivity contribution in [1.29, 1.82) is 0 Å². The number of methoxy groups -OCH3 is 1. The average molecular weight is 388 g/mol. The number of azo groups is 1. The molecular formula is C20H28N4O4. The van der Waals surface area contributed by atoms with Crippen LogP contribution in [0.2, 0.25) is 0 Å². The Balaban J connectivity index is 1.81. The van der Waals surface area contributed by atoms with Gasteiger partial charge in [0, 0.05) is 24.0 Å². The highest BCUT2D eigenvalue weighted by molar-refractivity contribution is 5.97. The third-order valence-corrected chi connectivity index (χ3v) is 4.97. The molecule has 1 aliphatic rings. The Morgan fingerprint density at radius 1 is 1.32 bits per heavy atom. The summed E-state index contributed by atoms with van der Waals surface area (Å²) in [6.07, 6.45) is 4.11. The summed E-state index contributed by atoms with van der Waals surface area (Å²) in [6.45, 7) is 5.02. The molecule has 1 aromatic carbocycles. The largest absolute Gasteiger partial charge is 0.496 e. The summed E-state index contributed by atoms with van der Waals surface area (Å²) >= 11 is 0. The first-order chi connectivity index (χ1) is 13.6. The third kappa shape index (κ3) is 4.69. The lowest BCUT2D eigenvalue weighted by molar-refractivity contribution is -0.120. The van der Waals surface area contributed by atoms with Crippen molar-refractivity contribution in [3.8, 4) is 11.6 Å². The van der Waals surface area contributed by atoms with Gasteiger partial charge >= 0.3 is 0 Å². The summed E-state index contributed by atoms with van der Waals surface area (Å²) in [4.78, 5) is 17.1. The van der Waals surface area contributed by atoms with Gasteiger partial charge in [-0.1, -0.05) is 19.8 Å². The maximum absolute atomic E-state index is 12.1. The fourth-order valence-electron chi connectivity index (χ4n) is 3.45. The minimum atomic E-state index is -0.340. The molecule has 2 heterocycles. The zero-order valence-corrected chi connectivity index (χ0v) is 16.5. The van der Waals surface area contributed by atoms with E-state index in [0.29, 0.717) is 26.3 Å². The van der Waals surface area contributed by atoms with Crippen molar-refractivity contribution in [3.63, 3.8) is 0 Å². The first kappa shape index (κ1) is 20.3. The summed E-state index contributed by atoms with van der Waals surface area (Å²) in [5, 5.41) is 18.9. The normalized spacial score (nSPS) is 15.5. The van der Waals surface area contributed by atoms with E-state index in [1.807, 2.05) is 17.0 Å². The molecule has 28 heavy (non-hydrogen) atoms. The molecule has 1 fully saturated rings. The van der Waals surface area contributed by atoms with E-state index in [0.717, 1.165) is 47.9 Å². The van der Waals surface area contributed by atoms with Crippen LogP contribution in [0.3, 0.4) is 0 Å². The third-order valence-electron chi connectivity index (χ3n) is 4.97. The van der Waals surface area contributed by atoms with E-state index in [9.17, 15) is 9.90 Å². The highest BCUT2D eigenvalue weighted by Gasteiger charge is 2.18. The first-order valence-corrected chi connectivity index (χ1v) is 9.79. The molecule has 1 aromatic heterocycles. The number of ether oxygens (including phenoxy) is 2. The van der Waals surface area contributed by atoms with Crippen molar-refractivity contribution in [3.05, 3.63) is 17.7 Å². The van der Waals surface area contributed by atoms with E-state index in [2.05, 4.69) is 22.1 Å². The van der Waals surface area contributed by atoms with E-state index >= 15 is 0 Å². The van der Waals surface area contributed by atoms with Gasteiger partial charge in [0.2, 0.25) is 5.88 Å². The molecule has 0 bridgehead atoms. The molecule has 2 N–H and O–H groups in total. The molecule has 3 rings (SSSR count). The smallest absolute Gasteiger partial charge is 0.278 e. The van der Waals surface area contributed by atoms with Crippen LogP contribution in [0.4, 0.5) is 5.69 Å². The number of hydrogen-bond donors (Lipinski definition) is 2. The second-order valence-corrected chi connectivity index (χ2v) is 6.93. The lowest BCUT2D eigenvalue weighted by Crippen LogP contribution is -2.39. The molecule has 0 spiro atoms. The van der Waals surface area contributed by atoms with Gasteiger partial charge in [-0.15, -0.1) is 10.2 Å². The number of fused-ring (bicyclic) bond motifs is 1. The number of nitrogens with zero attached hydrogens (tertiary/aromatic N) is 3. The van der Waals surface area contributed by atoms with Gasteiger partial charge in [0.1, 0.15) is 5.75 Å². The minimum absolute atomic E-state index is 0.0945. The van der Waals surface area contributed by atoms with Crippen LogP contribution in [0.25, 0.3) is 10.9 Å².